The van der Waals surface area contributed by atoms with Crippen molar-refractivity contribution in [3.05, 3.63) is 54.1 Å². The van der Waals surface area contributed by atoms with Crippen LogP contribution in [-0.4, -0.2) is 35.7 Å². The molecule has 6 nitrogen and oxygen atoms in total. The van der Waals surface area contributed by atoms with Gasteiger partial charge in [-0.1, -0.05) is 30.3 Å². The van der Waals surface area contributed by atoms with Crippen LogP contribution in [0.5, 0.6) is 0 Å². The summed E-state index contributed by atoms with van der Waals surface area (Å²) in [4.78, 5) is 40.2. The number of nitrogens with one attached hydrogen (secondary N) is 1. The van der Waals surface area contributed by atoms with Crippen LogP contribution in [0, 0.1) is 0 Å². The maximum Gasteiger partial charge on any atom is 0.308 e. The minimum Gasteiger partial charge on any atom is -0.452 e. The second-order valence-corrected chi connectivity index (χ2v) is 8.39. The second kappa shape index (κ2) is 8.29. The molecule has 1 N–H and O–H groups in total. The highest BCUT2D eigenvalue weighted by Gasteiger charge is 2.32. The van der Waals surface area contributed by atoms with E-state index in [9.17, 15) is 14.4 Å². The molecule has 150 valence electrons. The van der Waals surface area contributed by atoms with E-state index in [0.717, 1.165) is 34.7 Å². The highest BCUT2D eigenvalue weighted by atomic mass is 32.2. The fourth-order valence-electron chi connectivity index (χ4n) is 3.66. The Morgan fingerprint density at radius 1 is 1.21 bits per heavy atom. The number of nitrogens with zero attached hydrogens (tertiary/aromatic N) is 1. The number of anilines is 2. The van der Waals surface area contributed by atoms with Crippen LogP contribution in [0.1, 0.15) is 25.3 Å². The predicted octanol–water partition coefficient (Wildman–Crippen LogP) is 3.40. The lowest BCUT2D eigenvalue weighted by molar-refractivity contribution is -0.154. The quantitative estimate of drug-likeness (QED) is 0.782. The van der Waals surface area contributed by atoms with Gasteiger partial charge in [-0.15, -0.1) is 11.8 Å². The van der Waals surface area contributed by atoms with Gasteiger partial charge in [0.25, 0.3) is 5.91 Å². The van der Waals surface area contributed by atoms with Crippen molar-refractivity contribution in [1.82, 2.24) is 0 Å². The lowest BCUT2D eigenvalue weighted by Gasteiger charge is -2.31. The molecule has 0 saturated heterocycles. The standard InChI is InChI=1S/C22H22N2O4S/c1-14(22(27)24-12-6-8-15-7-2-4-10-17(15)24)28-20(25)13-19-21(26)23-16-9-3-5-11-18(16)29-19/h2-5,7,9-11,14,19H,6,8,12-13H2,1H3,(H,23,26)/t14-,19+/m1/s1. The number of fused-ring (bicyclic) bond motifs is 2. The Labute approximate surface area is 173 Å². The minimum absolute atomic E-state index is 0.0843. The average Bonchev–Trinajstić information content (AvgIpc) is 2.73. The van der Waals surface area contributed by atoms with Crippen molar-refractivity contribution in [1.29, 1.82) is 0 Å². The van der Waals surface area contributed by atoms with Crippen molar-refractivity contribution in [3.63, 3.8) is 0 Å². The van der Waals surface area contributed by atoms with E-state index in [1.54, 1.807) is 11.8 Å². The molecule has 0 fully saturated rings. The van der Waals surface area contributed by atoms with Gasteiger partial charge >= 0.3 is 5.97 Å². The lowest BCUT2D eigenvalue weighted by atomic mass is 10.0. The zero-order chi connectivity index (χ0) is 20.4. The molecule has 2 aliphatic heterocycles. The first-order chi connectivity index (χ1) is 14.0. The molecular weight excluding hydrogens is 388 g/mol. The molecular formula is C22H22N2O4S. The summed E-state index contributed by atoms with van der Waals surface area (Å²) in [5, 5.41) is 2.24. The van der Waals surface area contributed by atoms with Gasteiger partial charge in [-0.25, -0.2) is 0 Å². The molecule has 0 aromatic heterocycles. The third-order valence-corrected chi connectivity index (χ3v) is 6.37. The van der Waals surface area contributed by atoms with E-state index in [1.165, 1.54) is 11.8 Å². The molecule has 2 heterocycles. The van der Waals surface area contributed by atoms with Gasteiger partial charge in [-0.3, -0.25) is 14.4 Å². The van der Waals surface area contributed by atoms with Crippen molar-refractivity contribution in [3.8, 4) is 0 Å². The highest BCUT2D eigenvalue weighted by molar-refractivity contribution is 8.01. The van der Waals surface area contributed by atoms with Gasteiger partial charge in [0, 0.05) is 17.1 Å². The molecule has 2 aromatic carbocycles. The van der Waals surface area contributed by atoms with Gasteiger partial charge in [0.2, 0.25) is 5.91 Å². The Hall–Kier alpha value is -2.80. The fourth-order valence-corrected chi connectivity index (χ4v) is 4.75. The Balaban J connectivity index is 1.38. The molecule has 2 amide bonds. The SMILES string of the molecule is C[C@@H](OC(=O)C[C@@H]1Sc2ccccc2NC1=O)C(=O)N1CCCc2ccccc21. The number of carbonyl (C=O) groups excluding carboxylic acids is 3. The number of para-hydroxylation sites is 2. The molecule has 0 unspecified atom stereocenters. The zero-order valence-corrected chi connectivity index (χ0v) is 16.9. The predicted molar refractivity (Wildman–Crippen MR) is 112 cm³/mol. The van der Waals surface area contributed by atoms with Gasteiger partial charge in [0.1, 0.15) is 0 Å². The van der Waals surface area contributed by atoms with Crippen molar-refractivity contribution < 1.29 is 19.1 Å². The molecule has 0 bridgehead atoms. The Kier molecular flexibility index (Phi) is 5.58. The van der Waals surface area contributed by atoms with E-state index in [-0.39, 0.29) is 18.2 Å². The summed E-state index contributed by atoms with van der Waals surface area (Å²) < 4.78 is 5.40. The van der Waals surface area contributed by atoms with Crippen LogP contribution in [0.4, 0.5) is 11.4 Å². The van der Waals surface area contributed by atoms with Crippen molar-refractivity contribution in [2.24, 2.45) is 0 Å². The summed E-state index contributed by atoms with van der Waals surface area (Å²) in [6, 6.07) is 15.3. The van der Waals surface area contributed by atoms with Crippen LogP contribution in [0.15, 0.2) is 53.4 Å². The van der Waals surface area contributed by atoms with Crippen molar-refractivity contribution >= 4 is 40.9 Å². The summed E-state index contributed by atoms with van der Waals surface area (Å²) in [5.41, 5.74) is 2.75. The van der Waals surface area contributed by atoms with Gasteiger partial charge < -0.3 is 15.0 Å². The van der Waals surface area contributed by atoms with E-state index >= 15 is 0 Å². The number of esters is 1. The molecule has 7 heteroatoms. The van der Waals surface area contributed by atoms with E-state index in [1.807, 2.05) is 48.5 Å². The first kappa shape index (κ1) is 19.5. The smallest absolute Gasteiger partial charge is 0.308 e. The van der Waals surface area contributed by atoms with E-state index in [0.29, 0.717) is 6.54 Å². The Morgan fingerprint density at radius 3 is 2.83 bits per heavy atom. The number of rotatable bonds is 4. The summed E-state index contributed by atoms with van der Waals surface area (Å²) in [5.74, 6) is -1.02. The van der Waals surface area contributed by atoms with Gasteiger partial charge in [-0.2, -0.15) is 0 Å². The van der Waals surface area contributed by atoms with Crippen LogP contribution in [0.25, 0.3) is 0 Å². The van der Waals surface area contributed by atoms with Gasteiger partial charge in [0.15, 0.2) is 6.10 Å². The largest absolute Gasteiger partial charge is 0.452 e. The minimum atomic E-state index is -0.905. The molecule has 2 atom stereocenters. The summed E-state index contributed by atoms with van der Waals surface area (Å²) in [6.45, 7) is 2.19. The maximum absolute atomic E-state index is 12.9. The van der Waals surface area contributed by atoms with Crippen LogP contribution < -0.4 is 10.2 Å². The molecule has 0 saturated carbocycles. The first-order valence-corrected chi connectivity index (χ1v) is 10.6. The summed E-state index contributed by atoms with van der Waals surface area (Å²) in [7, 11) is 0. The van der Waals surface area contributed by atoms with Crippen molar-refractivity contribution in [2.45, 2.75) is 42.4 Å². The summed E-state index contributed by atoms with van der Waals surface area (Å²) in [6.07, 6.45) is 0.822. The molecule has 0 aliphatic carbocycles. The van der Waals surface area contributed by atoms with Gasteiger partial charge in [-0.05, 0) is 43.5 Å². The second-order valence-electron chi connectivity index (χ2n) is 7.15. The Bertz CT molecular complexity index is 961. The monoisotopic (exact) mass is 410 g/mol. The molecule has 2 aliphatic rings. The molecule has 4 rings (SSSR count). The number of carbonyl (C=O) groups is 3. The molecule has 0 spiro atoms. The third kappa shape index (κ3) is 4.15. The van der Waals surface area contributed by atoms with Gasteiger partial charge in [0.05, 0.1) is 17.4 Å². The average molecular weight is 410 g/mol. The zero-order valence-electron chi connectivity index (χ0n) is 16.1. The molecule has 29 heavy (non-hydrogen) atoms. The van der Waals surface area contributed by atoms with Crippen LogP contribution in [0.3, 0.4) is 0 Å². The normalized spacial score (nSPS) is 18.9. The summed E-state index contributed by atoms with van der Waals surface area (Å²) >= 11 is 1.34. The highest BCUT2D eigenvalue weighted by Crippen LogP contribution is 2.36. The molecule has 2 aromatic rings. The number of thioether (sulfide) groups is 1. The fraction of sp³-hybridized carbons (Fsp3) is 0.318. The number of hydrogen-bond donors (Lipinski definition) is 1. The number of aryl methyl sites for hydroxylation is 1. The lowest BCUT2D eigenvalue weighted by Crippen LogP contribution is -2.43. The number of ether oxygens (including phenoxy) is 1. The molecule has 0 radical (unpaired) electrons. The number of amides is 2. The topological polar surface area (TPSA) is 75.7 Å². The Morgan fingerprint density at radius 2 is 1.97 bits per heavy atom. The van der Waals surface area contributed by atoms with Crippen LogP contribution >= 0.6 is 11.8 Å². The first-order valence-electron chi connectivity index (χ1n) is 9.68. The van der Waals surface area contributed by atoms with E-state index in [2.05, 4.69) is 5.32 Å². The number of hydrogen-bond acceptors (Lipinski definition) is 5. The third-order valence-electron chi connectivity index (χ3n) is 5.09. The number of benzene rings is 2. The van der Waals surface area contributed by atoms with E-state index < -0.39 is 17.3 Å². The van der Waals surface area contributed by atoms with Crippen LogP contribution in [-0.2, 0) is 25.5 Å². The van der Waals surface area contributed by atoms with Crippen molar-refractivity contribution in [2.75, 3.05) is 16.8 Å². The maximum atomic E-state index is 12.9. The van der Waals surface area contributed by atoms with Crippen LogP contribution in [0.2, 0.25) is 0 Å². The van der Waals surface area contributed by atoms with E-state index in [4.69, 9.17) is 4.74 Å².